The zero-order valence-corrected chi connectivity index (χ0v) is 56.3. The average Bonchev–Trinajstić information content (AvgIpc) is 1.64. The molecule has 5 rings (SSSR count). The molecule has 0 unspecified atom stereocenters. The zero-order chi connectivity index (χ0) is 72.3. The van der Waals surface area contributed by atoms with E-state index in [2.05, 4.69) is 62.8 Å². The van der Waals surface area contributed by atoms with Gasteiger partial charge in [-0.3, -0.25) is 67.3 Å². The van der Waals surface area contributed by atoms with Crippen molar-refractivity contribution in [1.29, 1.82) is 0 Å². The first-order valence-corrected chi connectivity index (χ1v) is 32.8. The maximum atomic E-state index is 14.7. The van der Waals surface area contributed by atoms with Gasteiger partial charge < -0.3 is 96.4 Å². The van der Waals surface area contributed by atoms with Gasteiger partial charge in [0.05, 0.1) is 25.4 Å². The number of hydrogen-bond acceptors (Lipinski definition) is 17. The number of nitrogens with zero attached hydrogens (tertiary/aromatic N) is 4. The number of amides is 13. The zero-order valence-electron chi connectivity index (χ0n) is 56.3. The first kappa shape index (κ1) is 78.6. The lowest BCUT2D eigenvalue weighted by Crippen LogP contribution is -2.61. The predicted octanol–water partition coefficient (Wildman–Crippen LogP) is -4.35. The molecule has 0 bridgehead atoms. The number of aliphatic hydroxyl groups is 1. The Bertz CT molecular complexity index is 3260. The van der Waals surface area contributed by atoms with Gasteiger partial charge in [0.15, 0.2) is 5.96 Å². The molecular weight excluding hydrogens is 1270 g/mol. The molecule has 0 saturated carbocycles. The summed E-state index contributed by atoms with van der Waals surface area (Å²) in [4.78, 5) is 193. The van der Waals surface area contributed by atoms with Gasteiger partial charge in [0.25, 0.3) is 0 Å². The fourth-order valence-corrected chi connectivity index (χ4v) is 11.4. The van der Waals surface area contributed by atoms with Gasteiger partial charge in [-0.1, -0.05) is 88.4 Å². The molecule has 3 heterocycles. The van der Waals surface area contributed by atoms with E-state index in [1.54, 1.807) is 74.5 Å². The Balaban J connectivity index is 1.28. The number of primary amides is 2. The summed E-state index contributed by atoms with van der Waals surface area (Å²) in [7, 11) is 0. The van der Waals surface area contributed by atoms with Crippen LogP contribution in [0.3, 0.4) is 0 Å². The summed E-state index contributed by atoms with van der Waals surface area (Å²) >= 11 is 0. The van der Waals surface area contributed by atoms with Crippen LogP contribution in [0.5, 0.6) is 0 Å². The summed E-state index contributed by atoms with van der Waals surface area (Å²) in [6, 6.07) is 1.34. The van der Waals surface area contributed by atoms with Crippen LogP contribution in [0.25, 0.3) is 0 Å². The lowest BCUT2D eigenvalue weighted by molar-refractivity contribution is -0.143. The molecular formula is C65H97N19O14. The maximum Gasteiger partial charge on any atom is 0.245 e. The second-order valence-electron chi connectivity index (χ2n) is 25.5. The molecule has 2 aliphatic heterocycles. The number of nitrogens with two attached hydrogens (primary N) is 5. The van der Waals surface area contributed by atoms with E-state index in [-0.39, 0.29) is 88.8 Å². The van der Waals surface area contributed by atoms with Gasteiger partial charge in [-0.05, 0) is 88.2 Å². The highest BCUT2D eigenvalue weighted by atomic mass is 16.3. The van der Waals surface area contributed by atoms with Crippen molar-refractivity contribution in [1.82, 2.24) is 67.6 Å². The summed E-state index contributed by atoms with van der Waals surface area (Å²) in [5, 5.41) is 33.8. The minimum Gasteiger partial charge on any atom is -0.394 e. The van der Waals surface area contributed by atoms with Gasteiger partial charge in [-0.25, -0.2) is 4.98 Å². The number of aliphatic imine (C=N–C) groups is 1. The van der Waals surface area contributed by atoms with Crippen LogP contribution < -0.4 is 76.5 Å². The Morgan fingerprint density at radius 2 is 0.990 bits per heavy atom. The first-order chi connectivity index (χ1) is 46.5. The summed E-state index contributed by atoms with van der Waals surface area (Å²) in [5.74, 6) is -11.5. The number of aliphatic hydroxyl groups excluding tert-OH is 1. The number of aromatic amines is 1. The van der Waals surface area contributed by atoms with E-state index in [0.29, 0.717) is 36.1 Å². The highest BCUT2D eigenvalue weighted by molar-refractivity contribution is 6.00. The van der Waals surface area contributed by atoms with Crippen molar-refractivity contribution in [3.05, 3.63) is 90.0 Å². The van der Waals surface area contributed by atoms with Gasteiger partial charge >= 0.3 is 0 Å². The summed E-state index contributed by atoms with van der Waals surface area (Å²) in [6.45, 7) is 9.31. The largest absolute Gasteiger partial charge is 0.394 e. The molecule has 13 amide bonds. The number of aromatic nitrogens is 2. The topological polar surface area (TPSA) is 528 Å². The lowest BCUT2D eigenvalue weighted by Gasteiger charge is -2.32. The van der Waals surface area contributed by atoms with Crippen LogP contribution in [0, 0.1) is 11.8 Å². The first-order valence-electron chi connectivity index (χ1n) is 32.8. The van der Waals surface area contributed by atoms with Crippen LogP contribution in [0.2, 0.25) is 0 Å². The number of guanidine groups is 1. The fourth-order valence-electron chi connectivity index (χ4n) is 11.4. The van der Waals surface area contributed by atoms with Gasteiger partial charge in [-0.15, -0.1) is 0 Å². The standard InChI is InChI=1S/C65H97N19O14/c1-35(2)26-44(57(91)75-42(20-13-23-72-65(69)70)55(89)76-43(53(68)87)28-39-16-9-7-10-17-39)79-62(96)51-22-15-25-84(51)64(98)48(27-36(3)4)81-59(93)47(31-52(67)86)77-54(88)38(6)74-56(90)45(29-40-18-11-8-12-19-40)78-60(94)49(33-85)82-58(92)46(30-41-32-71-34-73-41)80-61(95)50-21-14-24-83(50)63(97)37(5)66/h7-12,16-19,32,34-38,42-51,85H,13-15,20-31,33,66H2,1-6H3,(H2,67,86)(H2,68,87)(H,71,73)(H,74,90)(H,75,91)(H,76,89)(H,77,88)(H,78,94)(H,79,96)(H,80,95)(H,81,93)(H,82,92)(H4,69,70,72)/t37-,38-,42-,43-,44-,45-,46-,47-,48-,49-,50-,51-/m0/s1. The maximum absolute atomic E-state index is 14.7. The smallest absolute Gasteiger partial charge is 0.245 e. The molecule has 2 aromatic carbocycles. The van der Waals surface area contributed by atoms with Gasteiger partial charge in [0, 0.05) is 50.8 Å². The third kappa shape index (κ3) is 24.9. The molecule has 2 fully saturated rings. The Kier molecular flexibility index (Phi) is 31.0. The van der Waals surface area contributed by atoms with Crippen molar-refractivity contribution in [3.8, 4) is 0 Å². The monoisotopic (exact) mass is 1370 g/mol. The lowest BCUT2D eigenvalue weighted by atomic mass is 10.00. The highest BCUT2D eigenvalue weighted by Gasteiger charge is 2.42. The number of likely N-dealkylation sites (tertiary alicyclic amines) is 2. The van der Waals surface area contributed by atoms with Gasteiger partial charge in [-0.2, -0.15) is 0 Å². The van der Waals surface area contributed by atoms with Crippen LogP contribution >= 0.6 is 0 Å². The number of hydrogen-bond donors (Lipinski definition) is 16. The minimum atomic E-state index is -1.73. The van der Waals surface area contributed by atoms with E-state index in [1.165, 1.54) is 36.2 Å². The number of rotatable bonds is 38. The highest BCUT2D eigenvalue weighted by Crippen LogP contribution is 2.23. The van der Waals surface area contributed by atoms with Gasteiger partial charge in [0.1, 0.15) is 66.5 Å². The van der Waals surface area contributed by atoms with E-state index < -0.39 is 162 Å². The molecule has 98 heavy (non-hydrogen) atoms. The summed E-state index contributed by atoms with van der Waals surface area (Å²) in [6.07, 6.45) is 3.25. The number of H-pyrrole nitrogens is 1. The number of nitrogens with one attached hydrogen (secondary N) is 10. The molecule has 3 aromatic rings. The molecule has 33 nitrogen and oxygen atoms in total. The fraction of sp³-hybridized carbons (Fsp3) is 0.554. The van der Waals surface area contributed by atoms with Crippen molar-refractivity contribution in [2.75, 3.05) is 26.2 Å². The third-order valence-electron chi connectivity index (χ3n) is 16.4. The van der Waals surface area contributed by atoms with Crippen molar-refractivity contribution >= 4 is 82.8 Å². The summed E-state index contributed by atoms with van der Waals surface area (Å²) < 4.78 is 0. The Hall–Kier alpha value is -10.1. The SMILES string of the molecule is CC(C)C[C@H](NC(=O)[C@@H]1CCCN1C(=O)[C@H](CC(C)C)NC(=O)[C@H](CC(N)=O)NC(=O)[C@H](C)NC(=O)[C@H](Cc1ccccc1)NC(=O)[C@H](CO)NC(=O)[C@H](Cc1cnc[nH]1)NC(=O)[C@@H]1CCCN1C(=O)[C@H](C)N)C(=O)N[C@@H](CCCN=C(N)N)C(=O)N[C@@H](Cc1ccccc1)C(N)=O. The average molecular weight is 1370 g/mol. The second-order valence-corrected chi connectivity index (χ2v) is 25.5. The van der Waals surface area contributed by atoms with Crippen molar-refractivity contribution in [3.63, 3.8) is 0 Å². The second kappa shape index (κ2) is 38.6. The molecule has 2 saturated heterocycles. The molecule has 12 atom stereocenters. The van der Waals surface area contributed by atoms with E-state index in [9.17, 15) is 67.4 Å². The van der Waals surface area contributed by atoms with Crippen molar-refractivity contribution in [2.45, 2.75) is 191 Å². The van der Waals surface area contributed by atoms with Crippen molar-refractivity contribution < 1.29 is 67.4 Å². The number of imidazole rings is 1. The van der Waals surface area contributed by atoms with Crippen molar-refractivity contribution in [2.24, 2.45) is 45.5 Å². The quantitative estimate of drug-likeness (QED) is 0.0146. The molecule has 536 valence electrons. The Labute approximate surface area is 568 Å². The van der Waals surface area contributed by atoms with Crippen LogP contribution in [0.1, 0.15) is 116 Å². The van der Waals surface area contributed by atoms with Gasteiger partial charge in [0.2, 0.25) is 76.8 Å². The summed E-state index contributed by atoms with van der Waals surface area (Å²) in [5.41, 5.74) is 29.8. The third-order valence-corrected chi connectivity index (χ3v) is 16.4. The van der Waals surface area contributed by atoms with Crippen LogP contribution in [-0.2, 0) is 81.6 Å². The van der Waals surface area contributed by atoms with E-state index in [0.717, 1.165) is 0 Å². The predicted molar refractivity (Wildman–Crippen MR) is 358 cm³/mol. The van der Waals surface area contributed by atoms with Crippen LogP contribution in [0.15, 0.2) is 78.2 Å². The molecule has 2 aliphatic rings. The molecule has 33 heteroatoms. The van der Waals surface area contributed by atoms with E-state index in [1.807, 2.05) is 13.8 Å². The van der Waals surface area contributed by atoms with Crippen LogP contribution in [0.4, 0.5) is 0 Å². The van der Waals surface area contributed by atoms with E-state index >= 15 is 0 Å². The van der Waals surface area contributed by atoms with E-state index in [4.69, 9.17) is 28.7 Å². The Morgan fingerprint density at radius 1 is 0.541 bits per heavy atom. The number of carbonyl (C=O) groups excluding carboxylic acids is 13. The molecule has 0 spiro atoms. The minimum absolute atomic E-state index is 0.00126. The molecule has 0 aliphatic carbocycles. The number of benzene rings is 2. The molecule has 21 N–H and O–H groups in total. The number of carbonyl (C=O) groups is 13. The Morgan fingerprint density at radius 3 is 1.51 bits per heavy atom. The normalized spacial score (nSPS) is 17.4. The molecule has 1 aromatic heterocycles. The molecule has 0 radical (unpaired) electrons. The van der Waals surface area contributed by atoms with Crippen LogP contribution in [-0.4, -0.2) is 206 Å².